The quantitative estimate of drug-likeness (QED) is 0.182. The fraction of sp³-hybridized carbons (Fsp3) is 0.0889. The Kier molecular flexibility index (Phi) is 7.21. The summed E-state index contributed by atoms with van der Waals surface area (Å²) >= 11 is 3.87. The smallest absolute Gasteiger partial charge is 0.164 e. The minimum atomic E-state index is 0.205. The van der Waals surface area contributed by atoms with Gasteiger partial charge >= 0.3 is 0 Å². The van der Waals surface area contributed by atoms with Gasteiger partial charge in [0, 0.05) is 58.9 Å². The van der Waals surface area contributed by atoms with E-state index in [1.807, 2.05) is 41.3 Å². The number of fused-ring (bicyclic) bond motifs is 6. The van der Waals surface area contributed by atoms with Crippen LogP contribution in [0.2, 0.25) is 0 Å². The van der Waals surface area contributed by atoms with Crippen LogP contribution in [0.15, 0.2) is 163 Å². The highest BCUT2D eigenvalue weighted by molar-refractivity contribution is 8.00. The minimum Gasteiger partial charge on any atom is -0.208 e. The second-order valence-electron chi connectivity index (χ2n) is 13.0. The first-order chi connectivity index (χ1) is 24.8. The second kappa shape index (κ2) is 12.2. The van der Waals surface area contributed by atoms with E-state index in [0.717, 1.165) is 28.9 Å². The zero-order valence-corrected chi connectivity index (χ0v) is 28.7. The van der Waals surface area contributed by atoms with Gasteiger partial charge in [0.15, 0.2) is 17.5 Å². The fourth-order valence-electron chi connectivity index (χ4n) is 7.67. The van der Waals surface area contributed by atoms with Crippen LogP contribution in [-0.2, 0) is 0 Å². The summed E-state index contributed by atoms with van der Waals surface area (Å²) in [5, 5.41) is 2.94. The lowest BCUT2D eigenvalue weighted by Gasteiger charge is -2.24. The molecule has 238 valence electrons. The van der Waals surface area contributed by atoms with Gasteiger partial charge in [-0.25, -0.2) is 15.0 Å². The maximum atomic E-state index is 5.22. The van der Waals surface area contributed by atoms with Gasteiger partial charge in [-0.15, -0.1) is 23.1 Å². The van der Waals surface area contributed by atoms with Gasteiger partial charge in [0.1, 0.15) is 0 Å². The number of benzene rings is 5. The molecule has 1 aliphatic heterocycles. The van der Waals surface area contributed by atoms with Crippen LogP contribution in [0.5, 0.6) is 0 Å². The predicted molar refractivity (Wildman–Crippen MR) is 210 cm³/mol. The summed E-state index contributed by atoms with van der Waals surface area (Å²) in [5.74, 6) is 2.69. The molecule has 2 aromatic heterocycles. The Hall–Kier alpha value is -5.36. The van der Waals surface area contributed by atoms with Crippen molar-refractivity contribution in [3.05, 3.63) is 180 Å². The molecule has 3 aliphatic rings. The van der Waals surface area contributed by atoms with Crippen LogP contribution >= 0.6 is 23.1 Å². The molecular weight excluding hydrogens is 647 g/mol. The molecule has 0 saturated carbocycles. The SMILES string of the molecule is C1=CC2c3c(cccc3-c3nc(C4=CCC(c5ccccc5)C=C4)nc(-c4ccccc4)n3)SC2C(c2cccc3c2sc2ccccc23)=C1. The van der Waals surface area contributed by atoms with Gasteiger partial charge in [-0.1, -0.05) is 146 Å². The molecule has 0 fully saturated rings. The Labute approximate surface area is 299 Å². The van der Waals surface area contributed by atoms with Crippen molar-refractivity contribution >= 4 is 54.4 Å². The molecule has 3 heterocycles. The lowest BCUT2D eigenvalue weighted by atomic mass is 9.83. The lowest BCUT2D eigenvalue weighted by Crippen LogP contribution is -2.14. The van der Waals surface area contributed by atoms with E-state index < -0.39 is 0 Å². The second-order valence-corrected chi connectivity index (χ2v) is 15.2. The standard InChI is InChI=1S/C45H31N3S2/c1-3-12-28(13-4-1)29-24-26-31(27-25-29)44-46-43(30-14-5-2-6-15-30)47-45(48-44)37-21-11-23-39-40(37)36-20-10-19-35(42(36)50-39)34-18-9-17-33-32-16-7-8-22-38(32)49-41(33)34/h1-24,26-27,29,36,42H,25H2. The molecule has 3 atom stereocenters. The van der Waals surface area contributed by atoms with Crippen molar-refractivity contribution < 1.29 is 0 Å². The average Bonchev–Trinajstić information content (AvgIpc) is 3.77. The molecule has 3 unspecified atom stereocenters. The fourth-order valence-corrected chi connectivity index (χ4v) is 10.4. The highest BCUT2D eigenvalue weighted by atomic mass is 32.2. The molecule has 10 rings (SSSR count). The Morgan fingerprint density at radius 3 is 2.22 bits per heavy atom. The highest BCUT2D eigenvalue weighted by Gasteiger charge is 2.39. The van der Waals surface area contributed by atoms with E-state index in [0.29, 0.717) is 17.6 Å². The lowest BCUT2D eigenvalue weighted by molar-refractivity contribution is 0.853. The summed E-state index contributed by atoms with van der Waals surface area (Å²) in [5.41, 5.74) is 8.45. The molecule has 0 bridgehead atoms. The zero-order valence-electron chi connectivity index (χ0n) is 27.1. The van der Waals surface area contributed by atoms with Crippen LogP contribution in [0.1, 0.15) is 40.8 Å². The van der Waals surface area contributed by atoms with Gasteiger partial charge in [-0.3, -0.25) is 0 Å². The summed E-state index contributed by atoms with van der Waals surface area (Å²) in [7, 11) is 0. The largest absolute Gasteiger partial charge is 0.208 e. The molecule has 7 aromatic rings. The van der Waals surface area contributed by atoms with Crippen LogP contribution in [-0.4, -0.2) is 20.2 Å². The van der Waals surface area contributed by atoms with Gasteiger partial charge in [-0.05, 0) is 40.8 Å². The van der Waals surface area contributed by atoms with Crippen molar-refractivity contribution in [2.45, 2.75) is 28.4 Å². The van der Waals surface area contributed by atoms with Crippen molar-refractivity contribution in [1.82, 2.24) is 15.0 Å². The van der Waals surface area contributed by atoms with Crippen molar-refractivity contribution in [2.24, 2.45) is 0 Å². The van der Waals surface area contributed by atoms with Gasteiger partial charge < -0.3 is 0 Å². The first kappa shape index (κ1) is 29.5. The number of aromatic nitrogens is 3. The summed E-state index contributed by atoms with van der Waals surface area (Å²) in [6.07, 6.45) is 14.6. The molecule has 0 spiro atoms. The molecule has 0 N–H and O–H groups in total. The topological polar surface area (TPSA) is 38.7 Å². The number of hydrogen-bond donors (Lipinski definition) is 0. The van der Waals surface area contributed by atoms with E-state index in [4.69, 9.17) is 15.0 Å². The predicted octanol–water partition coefficient (Wildman–Crippen LogP) is 11.9. The molecule has 2 aliphatic carbocycles. The summed E-state index contributed by atoms with van der Waals surface area (Å²) in [6, 6.07) is 43.2. The molecular formula is C45H31N3S2. The molecule has 50 heavy (non-hydrogen) atoms. The van der Waals surface area contributed by atoms with E-state index in [-0.39, 0.29) is 11.2 Å². The number of thioether (sulfide) groups is 1. The minimum absolute atomic E-state index is 0.205. The number of nitrogens with zero attached hydrogens (tertiary/aromatic N) is 3. The monoisotopic (exact) mass is 677 g/mol. The van der Waals surface area contributed by atoms with Crippen LogP contribution in [0.4, 0.5) is 0 Å². The third-order valence-electron chi connectivity index (χ3n) is 10.1. The highest BCUT2D eigenvalue weighted by Crippen LogP contribution is 2.56. The van der Waals surface area contributed by atoms with E-state index in [9.17, 15) is 0 Å². The Morgan fingerprint density at radius 2 is 1.36 bits per heavy atom. The van der Waals surface area contributed by atoms with E-state index in [2.05, 4.69) is 140 Å². The zero-order chi connectivity index (χ0) is 33.0. The number of thiophene rings is 1. The summed E-state index contributed by atoms with van der Waals surface area (Å²) in [4.78, 5) is 16.7. The van der Waals surface area contributed by atoms with Crippen molar-refractivity contribution in [3.8, 4) is 22.8 Å². The van der Waals surface area contributed by atoms with Crippen LogP contribution < -0.4 is 0 Å². The maximum absolute atomic E-state index is 5.22. The van der Waals surface area contributed by atoms with Crippen LogP contribution in [0, 0.1) is 0 Å². The molecule has 0 amide bonds. The summed E-state index contributed by atoms with van der Waals surface area (Å²) < 4.78 is 2.70. The Bertz CT molecular complexity index is 2560. The number of hydrogen-bond acceptors (Lipinski definition) is 5. The first-order valence-electron chi connectivity index (χ1n) is 17.1. The Balaban J connectivity index is 1.06. The third-order valence-corrected chi connectivity index (χ3v) is 12.7. The van der Waals surface area contributed by atoms with Gasteiger partial charge in [0.25, 0.3) is 0 Å². The van der Waals surface area contributed by atoms with E-state index in [1.165, 1.54) is 47.3 Å². The molecule has 3 nitrogen and oxygen atoms in total. The summed E-state index contributed by atoms with van der Waals surface area (Å²) in [6.45, 7) is 0. The number of rotatable bonds is 5. The molecule has 5 heteroatoms. The van der Waals surface area contributed by atoms with Crippen LogP contribution in [0.3, 0.4) is 0 Å². The van der Waals surface area contributed by atoms with Crippen molar-refractivity contribution in [3.63, 3.8) is 0 Å². The maximum Gasteiger partial charge on any atom is 0.164 e. The molecule has 0 radical (unpaired) electrons. The van der Waals surface area contributed by atoms with Crippen molar-refractivity contribution in [2.75, 3.05) is 0 Å². The first-order valence-corrected chi connectivity index (χ1v) is 18.8. The third kappa shape index (κ3) is 5.00. The van der Waals surface area contributed by atoms with Gasteiger partial charge in [0.2, 0.25) is 0 Å². The van der Waals surface area contributed by atoms with E-state index in [1.54, 1.807) is 0 Å². The van der Waals surface area contributed by atoms with Gasteiger partial charge in [-0.2, -0.15) is 0 Å². The molecule has 0 saturated heterocycles. The van der Waals surface area contributed by atoms with Crippen molar-refractivity contribution in [1.29, 1.82) is 0 Å². The molecule has 5 aromatic carbocycles. The Morgan fingerprint density at radius 1 is 0.620 bits per heavy atom. The average molecular weight is 678 g/mol. The van der Waals surface area contributed by atoms with Gasteiger partial charge in [0.05, 0.1) is 0 Å². The van der Waals surface area contributed by atoms with E-state index >= 15 is 0 Å². The normalized spacial score (nSPS) is 19.3. The number of allylic oxidation sites excluding steroid dienone is 7. The van der Waals surface area contributed by atoms with Crippen LogP contribution in [0.25, 0.3) is 54.1 Å².